The molecule has 0 bridgehead atoms. The number of anilines is 2. The van der Waals surface area contributed by atoms with E-state index in [0.717, 1.165) is 12.1 Å². The number of rotatable bonds is 10. The van der Waals surface area contributed by atoms with Gasteiger partial charge in [-0.2, -0.15) is 4.39 Å². The first kappa shape index (κ1) is 31.0. The Morgan fingerprint density at radius 3 is 2.55 bits per heavy atom. The normalized spacial score (nSPS) is 16.9. The molecule has 0 amide bonds. The van der Waals surface area contributed by atoms with Gasteiger partial charge in [0.15, 0.2) is 17.4 Å². The quantitative estimate of drug-likeness (QED) is 0.158. The van der Waals surface area contributed by atoms with Crippen molar-refractivity contribution in [1.29, 1.82) is 0 Å². The second-order valence-electron chi connectivity index (χ2n) is 9.94. The lowest BCUT2D eigenvalue weighted by Gasteiger charge is -2.29. The standard InChI is InChI=1S/C28H24F6N6O3S/c29-11-15-8-18(13-35-12-15)38-28-37-7-5-22(39-28)19-2-1-6-36-27(19)43-23-10-21(32)26(25(34)24(23)33)40-44(41,42)14-16-3-4-17(30)9-20(16)31/h1-7,9-10,15,18,35,40H,8,11-14H2,(H,37,38,39)/t15-,18-/m0/s1. The Kier molecular flexibility index (Phi) is 9.20. The fourth-order valence-electron chi connectivity index (χ4n) is 4.57. The summed E-state index contributed by atoms with van der Waals surface area (Å²) >= 11 is 0. The SMILES string of the molecule is O=S(=O)(Cc1ccc(F)cc1F)Nc1c(F)cc(Oc2ncccc2-c2ccnc(N[C@@H]3CNC[C@H](CF)C3)n2)c(F)c1F. The number of aromatic nitrogens is 3. The lowest BCUT2D eigenvalue weighted by molar-refractivity contribution is 0.282. The molecular formula is C28H24F6N6O3S. The maximum atomic E-state index is 15.1. The van der Waals surface area contributed by atoms with E-state index in [0.29, 0.717) is 31.6 Å². The Balaban J connectivity index is 1.37. The Morgan fingerprint density at radius 1 is 0.955 bits per heavy atom. The molecule has 0 aliphatic carbocycles. The number of benzene rings is 2. The van der Waals surface area contributed by atoms with Crippen molar-refractivity contribution < 1.29 is 39.5 Å². The van der Waals surface area contributed by atoms with Crippen LogP contribution in [0.15, 0.2) is 54.9 Å². The molecule has 9 nitrogen and oxygen atoms in total. The number of pyridine rings is 1. The number of piperidine rings is 1. The van der Waals surface area contributed by atoms with Gasteiger partial charge in [-0.15, -0.1) is 0 Å². The molecule has 44 heavy (non-hydrogen) atoms. The van der Waals surface area contributed by atoms with E-state index in [1.165, 1.54) is 30.6 Å². The molecule has 1 saturated heterocycles. The number of hydrogen-bond donors (Lipinski definition) is 3. The van der Waals surface area contributed by atoms with Gasteiger partial charge in [0.2, 0.25) is 27.7 Å². The molecule has 2 atom stereocenters. The second-order valence-corrected chi connectivity index (χ2v) is 11.7. The Bertz CT molecular complexity index is 1780. The molecule has 16 heteroatoms. The average molecular weight is 639 g/mol. The maximum Gasteiger partial charge on any atom is 0.237 e. The van der Waals surface area contributed by atoms with E-state index in [4.69, 9.17) is 4.74 Å². The van der Waals surface area contributed by atoms with Gasteiger partial charge >= 0.3 is 0 Å². The summed E-state index contributed by atoms with van der Waals surface area (Å²) in [6, 6.07) is 6.91. The van der Waals surface area contributed by atoms with Gasteiger partial charge < -0.3 is 15.4 Å². The van der Waals surface area contributed by atoms with Crippen LogP contribution in [0.1, 0.15) is 12.0 Å². The van der Waals surface area contributed by atoms with Crippen LogP contribution in [0.25, 0.3) is 11.3 Å². The van der Waals surface area contributed by atoms with E-state index in [1.54, 1.807) is 4.72 Å². The van der Waals surface area contributed by atoms with Crippen molar-refractivity contribution in [2.45, 2.75) is 18.2 Å². The zero-order valence-electron chi connectivity index (χ0n) is 22.6. The van der Waals surface area contributed by atoms with Gasteiger partial charge in [-0.25, -0.2) is 40.9 Å². The van der Waals surface area contributed by atoms with Crippen LogP contribution < -0.4 is 20.1 Å². The molecule has 0 radical (unpaired) electrons. The summed E-state index contributed by atoms with van der Waals surface area (Å²) in [5.41, 5.74) is -1.38. The predicted octanol–water partition coefficient (Wildman–Crippen LogP) is 5.33. The number of nitrogens with one attached hydrogen (secondary N) is 3. The summed E-state index contributed by atoms with van der Waals surface area (Å²) in [7, 11) is -4.67. The van der Waals surface area contributed by atoms with Crippen LogP contribution in [0.4, 0.5) is 38.0 Å². The number of ether oxygens (including phenoxy) is 1. The largest absolute Gasteiger partial charge is 0.435 e. The zero-order valence-corrected chi connectivity index (χ0v) is 23.4. The van der Waals surface area contributed by atoms with Crippen LogP contribution in [0.2, 0.25) is 0 Å². The minimum atomic E-state index is -4.67. The topological polar surface area (TPSA) is 118 Å². The summed E-state index contributed by atoms with van der Waals surface area (Å²) in [4.78, 5) is 12.6. The van der Waals surface area contributed by atoms with E-state index in [9.17, 15) is 30.4 Å². The third-order valence-corrected chi connectivity index (χ3v) is 7.85. The van der Waals surface area contributed by atoms with Gasteiger partial charge in [0, 0.05) is 55.1 Å². The number of alkyl halides is 1. The highest BCUT2D eigenvalue weighted by Crippen LogP contribution is 2.36. The molecule has 4 aromatic rings. The molecule has 2 aromatic carbocycles. The van der Waals surface area contributed by atoms with E-state index < -0.39 is 68.5 Å². The maximum absolute atomic E-state index is 15.1. The first-order chi connectivity index (χ1) is 21.0. The van der Waals surface area contributed by atoms with Crippen molar-refractivity contribution in [3.63, 3.8) is 0 Å². The molecule has 3 N–H and O–H groups in total. The first-order valence-corrected chi connectivity index (χ1v) is 14.8. The fourth-order valence-corrected chi connectivity index (χ4v) is 5.78. The van der Waals surface area contributed by atoms with Crippen LogP contribution in [0, 0.1) is 35.0 Å². The van der Waals surface area contributed by atoms with E-state index in [1.807, 2.05) is 0 Å². The van der Waals surface area contributed by atoms with E-state index >= 15 is 4.39 Å². The highest BCUT2D eigenvalue weighted by atomic mass is 32.2. The van der Waals surface area contributed by atoms with Crippen molar-refractivity contribution in [1.82, 2.24) is 20.3 Å². The minimum Gasteiger partial charge on any atom is -0.435 e. The van der Waals surface area contributed by atoms with Gasteiger partial charge in [0.1, 0.15) is 17.3 Å². The smallest absolute Gasteiger partial charge is 0.237 e. The number of sulfonamides is 1. The molecular weight excluding hydrogens is 614 g/mol. The molecule has 3 heterocycles. The lowest BCUT2D eigenvalue weighted by atomic mass is 9.97. The number of halogens is 6. The van der Waals surface area contributed by atoms with Gasteiger partial charge in [0.05, 0.1) is 23.7 Å². The van der Waals surface area contributed by atoms with Crippen LogP contribution in [0.5, 0.6) is 11.6 Å². The zero-order chi connectivity index (χ0) is 31.4. The lowest BCUT2D eigenvalue weighted by Crippen LogP contribution is -2.44. The number of nitrogens with zero attached hydrogens (tertiary/aromatic N) is 3. The minimum absolute atomic E-state index is 0.143. The molecule has 0 spiro atoms. The molecule has 1 aliphatic heterocycles. The molecule has 5 rings (SSSR count). The van der Waals surface area contributed by atoms with Crippen molar-refractivity contribution in [3.05, 3.63) is 89.5 Å². The van der Waals surface area contributed by atoms with Crippen molar-refractivity contribution in [2.75, 3.05) is 29.8 Å². The predicted molar refractivity (Wildman–Crippen MR) is 149 cm³/mol. The highest BCUT2D eigenvalue weighted by Gasteiger charge is 2.26. The molecule has 0 unspecified atom stereocenters. The summed E-state index contributed by atoms with van der Waals surface area (Å²) in [5.74, 6) is -9.66. The van der Waals surface area contributed by atoms with Crippen LogP contribution in [-0.4, -0.2) is 49.2 Å². The summed E-state index contributed by atoms with van der Waals surface area (Å²) in [6.45, 7) is 0.659. The monoisotopic (exact) mass is 638 g/mol. The Hall–Kier alpha value is -4.44. The Morgan fingerprint density at radius 2 is 1.77 bits per heavy atom. The van der Waals surface area contributed by atoms with Gasteiger partial charge in [-0.1, -0.05) is 6.07 Å². The van der Waals surface area contributed by atoms with Gasteiger partial charge in [0.25, 0.3) is 0 Å². The third kappa shape index (κ3) is 7.19. The molecule has 1 aliphatic rings. The van der Waals surface area contributed by atoms with Gasteiger partial charge in [-0.3, -0.25) is 9.11 Å². The molecule has 232 valence electrons. The third-order valence-electron chi connectivity index (χ3n) is 6.65. The van der Waals surface area contributed by atoms with Crippen molar-refractivity contribution in [3.8, 4) is 22.9 Å². The van der Waals surface area contributed by atoms with Crippen molar-refractivity contribution in [2.24, 2.45) is 5.92 Å². The first-order valence-electron chi connectivity index (χ1n) is 13.1. The second kappa shape index (κ2) is 13.1. The molecule has 0 saturated carbocycles. The van der Waals surface area contributed by atoms with Gasteiger partial charge in [-0.05, 0) is 30.7 Å². The van der Waals surface area contributed by atoms with Crippen LogP contribution in [0.3, 0.4) is 0 Å². The Labute approximate surface area is 247 Å². The van der Waals surface area contributed by atoms with Crippen LogP contribution >= 0.6 is 0 Å². The van der Waals surface area contributed by atoms with E-state index in [2.05, 4.69) is 25.6 Å². The molecule has 2 aromatic heterocycles. The van der Waals surface area contributed by atoms with Crippen molar-refractivity contribution >= 4 is 21.7 Å². The summed E-state index contributed by atoms with van der Waals surface area (Å²) < 4.78 is 117. The molecule has 1 fully saturated rings. The average Bonchev–Trinajstić information content (AvgIpc) is 3.00. The number of hydrogen-bond acceptors (Lipinski definition) is 8. The summed E-state index contributed by atoms with van der Waals surface area (Å²) in [5, 5.41) is 6.26. The van der Waals surface area contributed by atoms with E-state index in [-0.39, 0.29) is 35.0 Å². The summed E-state index contributed by atoms with van der Waals surface area (Å²) in [6.07, 6.45) is 3.28. The highest BCUT2D eigenvalue weighted by molar-refractivity contribution is 7.91. The van der Waals surface area contributed by atoms with Crippen LogP contribution in [-0.2, 0) is 15.8 Å². The fraction of sp³-hybridized carbons (Fsp3) is 0.250.